The Hall–Kier alpha value is -2.53. The third kappa shape index (κ3) is 2.75. The van der Waals surface area contributed by atoms with E-state index in [4.69, 9.17) is 0 Å². The van der Waals surface area contributed by atoms with Crippen LogP contribution in [0.15, 0.2) is 54.6 Å². The summed E-state index contributed by atoms with van der Waals surface area (Å²) in [5.74, 6) is 0. The predicted molar refractivity (Wildman–Crippen MR) is 95.5 cm³/mol. The van der Waals surface area contributed by atoms with E-state index >= 15 is 0 Å². The van der Waals surface area contributed by atoms with Crippen molar-refractivity contribution in [2.45, 2.75) is 38.6 Å². The van der Waals surface area contributed by atoms with Crippen LogP contribution in [0.5, 0.6) is 0 Å². The molecule has 0 amide bonds. The highest BCUT2D eigenvalue weighted by molar-refractivity contribution is 5.97. The van der Waals surface area contributed by atoms with E-state index in [0.29, 0.717) is 0 Å². The van der Waals surface area contributed by atoms with Crippen LogP contribution in [0.1, 0.15) is 43.4 Å². The first-order valence-corrected chi connectivity index (χ1v) is 8.29. The monoisotopic (exact) mass is 302 g/mol. The Kier molecular flexibility index (Phi) is 4.21. The van der Waals surface area contributed by atoms with Gasteiger partial charge in [-0.25, -0.2) is 0 Å². The minimum atomic E-state index is 0.0283. The second kappa shape index (κ2) is 6.30. The molecule has 0 bridgehead atoms. The Morgan fingerprint density at radius 1 is 1.04 bits per heavy atom. The molecule has 0 atom stereocenters. The lowest BCUT2D eigenvalue weighted by molar-refractivity contribution is 0.334. The fourth-order valence-electron chi connectivity index (χ4n) is 3.40. The van der Waals surface area contributed by atoms with Gasteiger partial charge in [-0.3, -0.25) is 0 Å². The lowest BCUT2D eigenvalue weighted by atomic mass is 9.78. The van der Waals surface area contributed by atoms with Crippen LogP contribution in [0.4, 0.5) is 0 Å². The SMILES string of the molecule is CCC1(CC)Cc2ccccc2/C(=C(/C#N)c2ccccc2)N1. The predicted octanol–water partition coefficient (Wildman–Crippen LogP) is 4.78. The van der Waals surface area contributed by atoms with Gasteiger partial charge in [-0.2, -0.15) is 5.26 Å². The molecule has 0 aromatic heterocycles. The van der Waals surface area contributed by atoms with E-state index in [1.165, 1.54) is 5.56 Å². The number of nitrogens with zero attached hydrogens (tertiary/aromatic N) is 1. The Morgan fingerprint density at radius 3 is 2.35 bits per heavy atom. The fourth-order valence-corrected chi connectivity index (χ4v) is 3.40. The maximum Gasteiger partial charge on any atom is 0.102 e. The summed E-state index contributed by atoms with van der Waals surface area (Å²) < 4.78 is 0. The molecule has 2 heteroatoms. The van der Waals surface area contributed by atoms with Gasteiger partial charge in [0.05, 0.1) is 11.3 Å². The Morgan fingerprint density at radius 2 is 1.70 bits per heavy atom. The van der Waals surface area contributed by atoms with E-state index < -0.39 is 0 Å². The zero-order chi connectivity index (χ0) is 16.3. The second-order valence-corrected chi connectivity index (χ2v) is 6.17. The number of rotatable bonds is 3. The van der Waals surface area contributed by atoms with E-state index in [-0.39, 0.29) is 5.54 Å². The zero-order valence-electron chi connectivity index (χ0n) is 13.8. The van der Waals surface area contributed by atoms with E-state index in [1.54, 1.807) is 0 Å². The van der Waals surface area contributed by atoms with Crippen molar-refractivity contribution < 1.29 is 0 Å². The van der Waals surface area contributed by atoms with Crippen LogP contribution in [-0.2, 0) is 6.42 Å². The summed E-state index contributed by atoms with van der Waals surface area (Å²) in [5, 5.41) is 13.6. The van der Waals surface area contributed by atoms with Crippen molar-refractivity contribution in [1.29, 1.82) is 5.26 Å². The quantitative estimate of drug-likeness (QED) is 0.828. The van der Waals surface area contributed by atoms with Gasteiger partial charge in [-0.1, -0.05) is 68.4 Å². The van der Waals surface area contributed by atoms with Gasteiger partial charge in [-0.05, 0) is 30.4 Å². The molecule has 116 valence electrons. The standard InChI is InChI=1S/C21H22N2/c1-3-21(4-2)14-17-12-8-9-13-18(17)20(23-21)19(15-22)16-10-6-5-7-11-16/h5-13,23H,3-4,14H2,1-2H3/b20-19+. The normalized spacial score (nSPS) is 17.6. The molecule has 0 radical (unpaired) electrons. The first-order chi connectivity index (χ1) is 11.2. The number of hydrogen-bond donors (Lipinski definition) is 1. The van der Waals surface area contributed by atoms with Crippen LogP contribution < -0.4 is 5.32 Å². The molecule has 2 aromatic carbocycles. The topological polar surface area (TPSA) is 35.8 Å². The van der Waals surface area contributed by atoms with Crippen molar-refractivity contribution in [3.05, 3.63) is 71.3 Å². The highest BCUT2D eigenvalue weighted by Gasteiger charge is 2.34. The number of benzene rings is 2. The highest BCUT2D eigenvalue weighted by atomic mass is 15.0. The van der Waals surface area contributed by atoms with E-state index in [1.807, 2.05) is 36.4 Å². The molecule has 0 aliphatic carbocycles. The Balaban J connectivity index is 2.24. The molecule has 0 saturated heterocycles. The van der Waals surface area contributed by atoms with Crippen LogP contribution in [0, 0.1) is 11.3 Å². The molecule has 1 heterocycles. The van der Waals surface area contributed by atoms with Crippen molar-refractivity contribution in [3.8, 4) is 6.07 Å². The number of allylic oxidation sites excluding steroid dienone is 1. The third-order valence-corrected chi connectivity index (χ3v) is 4.98. The minimum absolute atomic E-state index is 0.0283. The van der Waals surface area contributed by atoms with Crippen LogP contribution in [0.25, 0.3) is 11.3 Å². The summed E-state index contributed by atoms with van der Waals surface area (Å²) in [4.78, 5) is 0. The molecular weight excluding hydrogens is 280 g/mol. The molecule has 23 heavy (non-hydrogen) atoms. The van der Waals surface area contributed by atoms with Crippen molar-refractivity contribution in [2.24, 2.45) is 0 Å². The van der Waals surface area contributed by atoms with Crippen LogP contribution in [0.2, 0.25) is 0 Å². The van der Waals surface area contributed by atoms with Crippen LogP contribution in [0.3, 0.4) is 0 Å². The van der Waals surface area contributed by atoms with Crippen LogP contribution in [-0.4, -0.2) is 5.54 Å². The molecule has 0 unspecified atom stereocenters. The highest BCUT2D eigenvalue weighted by Crippen LogP contribution is 2.37. The molecule has 3 rings (SSSR count). The maximum atomic E-state index is 9.83. The van der Waals surface area contributed by atoms with Gasteiger partial charge in [0.2, 0.25) is 0 Å². The lowest BCUT2D eigenvalue weighted by Crippen LogP contribution is -2.48. The molecule has 1 aliphatic heterocycles. The van der Waals surface area contributed by atoms with E-state index in [2.05, 4.69) is 43.4 Å². The number of nitriles is 1. The molecule has 0 saturated carbocycles. The minimum Gasteiger partial charge on any atom is -0.378 e. The zero-order valence-corrected chi connectivity index (χ0v) is 13.8. The summed E-state index contributed by atoms with van der Waals surface area (Å²) in [6.45, 7) is 4.44. The molecule has 2 nitrogen and oxygen atoms in total. The van der Waals surface area contributed by atoms with Gasteiger partial charge in [0.1, 0.15) is 6.07 Å². The summed E-state index contributed by atoms with van der Waals surface area (Å²) in [6.07, 6.45) is 3.08. The Labute approximate surface area is 138 Å². The smallest absolute Gasteiger partial charge is 0.102 e. The first-order valence-electron chi connectivity index (χ1n) is 8.29. The summed E-state index contributed by atoms with van der Waals surface area (Å²) in [6, 6.07) is 20.8. The average Bonchev–Trinajstić information content (AvgIpc) is 2.63. The lowest BCUT2D eigenvalue weighted by Gasteiger charge is -2.40. The Bertz CT molecular complexity index is 762. The molecule has 1 N–H and O–H groups in total. The van der Waals surface area contributed by atoms with Gasteiger partial charge in [0, 0.05) is 11.1 Å². The third-order valence-electron chi connectivity index (χ3n) is 4.98. The molecular formula is C21H22N2. The molecule has 0 fully saturated rings. The average molecular weight is 302 g/mol. The van der Waals surface area contributed by atoms with Crippen molar-refractivity contribution in [1.82, 2.24) is 5.32 Å². The molecule has 2 aromatic rings. The maximum absolute atomic E-state index is 9.83. The van der Waals surface area contributed by atoms with E-state index in [0.717, 1.165) is 41.7 Å². The fraction of sp³-hybridized carbons (Fsp3) is 0.286. The van der Waals surface area contributed by atoms with Crippen LogP contribution >= 0.6 is 0 Å². The number of fused-ring (bicyclic) bond motifs is 1. The number of nitrogens with one attached hydrogen (secondary N) is 1. The van der Waals surface area contributed by atoms with Gasteiger partial charge >= 0.3 is 0 Å². The summed E-state index contributed by atoms with van der Waals surface area (Å²) in [7, 11) is 0. The van der Waals surface area contributed by atoms with Crippen molar-refractivity contribution in [3.63, 3.8) is 0 Å². The van der Waals surface area contributed by atoms with Gasteiger partial charge < -0.3 is 5.32 Å². The van der Waals surface area contributed by atoms with Gasteiger partial charge in [-0.15, -0.1) is 0 Å². The largest absolute Gasteiger partial charge is 0.378 e. The molecule has 0 spiro atoms. The first kappa shape index (κ1) is 15.4. The van der Waals surface area contributed by atoms with Crippen molar-refractivity contribution in [2.75, 3.05) is 0 Å². The molecule has 1 aliphatic rings. The summed E-state index contributed by atoms with van der Waals surface area (Å²) in [5.41, 5.74) is 5.18. The van der Waals surface area contributed by atoms with Crippen molar-refractivity contribution >= 4 is 11.3 Å². The second-order valence-electron chi connectivity index (χ2n) is 6.17. The van der Waals surface area contributed by atoms with Gasteiger partial charge in [0.15, 0.2) is 0 Å². The summed E-state index contributed by atoms with van der Waals surface area (Å²) >= 11 is 0. The number of hydrogen-bond acceptors (Lipinski definition) is 2. The van der Waals surface area contributed by atoms with E-state index in [9.17, 15) is 5.26 Å². The van der Waals surface area contributed by atoms with Gasteiger partial charge in [0.25, 0.3) is 0 Å².